The summed E-state index contributed by atoms with van der Waals surface area (Å²) in [5.41, 5.74) is 1.12. The highest BCUT2D eigenvalue weighted by Gasteiger charge is 2.18. The van der Waals surface area contributed by atoms with Crippen LogP contribution in [0.15, 0.2) is 35.3 Å². The topological polar surface area (TPSA) is 56.7 Å². The van der Waals surface area contributed by atoms with Gasteiger partial charge in [0.15, 0.2) is 5.96 Å². The monoisotopic (exact) mass is 444 g/mol. The summed E-state index contributed by atoms with van der Waals surface area (Å²) in [6, 6.07) is 9.96. The molecule has 1 aliphatic heterocycles. The van der Waals surface area contributed by atoms with Crippen LogP contribution < -0.4 is 10.6 Å². The summed E-state index contributed by atoms with van der Waals surface area (Å²) in [5.74, 6) is 1.67. The highest BCUT2D eigenvalue weighted by atomic mass is 127. The number of likely N-dealkylation sites (tertiary alicyclic amines) is 1. The largest absolute Gasteiger partial charge is 0.356 e. The molecule has 5 nitrogen and oxygen atoms in total. The Bertz CT molecular complexity index is 521. The van der Waals surface area contributed by atoms with Crippen molar-refractivity contribution in [2.75, 3.05) is 26.7 Å². The molecule has 0 aliphatic carbocycles. The summed E-state index contributed by atoms with van der Waals surface area (Å²) in [6.45, 7) is 5.55. The van der Waals surface area contributed by atoms with Gasteiger partial charge in [-0.25, -0.2) is 0 Å². The zero-order valence-electron chi connectivity index (χ0n) is 14.6. The zero-order chi connectivity index (χ0) is 16.5. The maximum absolute atomic E-state index is 11.9. The molecule has 1 aromatic carbocycles. The van der Waals surface area contributed by atoms with Crippen molar-refractivity contribution in [3.05, 3.63) is 35.9 Å². The number of guanidine groups is 1. The van der Waals surface area contributed by atoms with E-state index >= 15 is 0 Å². The fraction of sp³-hybridized carbons (Fsp3) is 0.556. The van der Waals surface area contributed by atoms with Crippen molar-refractivity contribution >= 4 is 35.8 Å². The first-order valence-electron chi connectivity index (χ1n) is 8.45. The van der Waals surface area contributed by atoms with E-state index in [9.17, 15) is 4.79 Å². The second kappa shape index (κ2) is 11.3. The van der Waals surface area contributed by atoms with Crippen molar-refractivity contribution in [2.24, 2.45) is 10.9 Å². The number of carbonyl (C=O) groups excluding carboxylic acids is 1. The Hall–Kier alpha value is -1.31. The van der Waals surface area contributed by atoms with Crippen molar-refractivity contribution in [1.29, 1.82) is 0 Å². The molecule has 0 aromatic heterocycles. The minimum atomic E-state index is 0. The first-order valence-corrected chi connectivity index (χ1v) is 8.45. The van der Waals surface area contributed by atoms with Crippen LogP contribution in [0.2, 0.25) is 0 Å². The molecule has 24 heavy (non-hydrogen) atoms. The summed E-state index contributed by atoms with van der Waals surface area (Å²) in [5, 5.41) is 6.25. The number of hydrogen-bond donors (Lipinski definition) is 2. The molecule has 2 N–H and O–H groups in total. The van der Waals surface area contributed by atoms with E-state index in [1.807, 2.05) is 30.3 Å². The molecule has 1 aromatic rings. The second-order valence-electron chi connectivity index (χ2n) is 6.18. The van der Waals surface area contributed by atoms with Crippen LogP contribution in [-0.2, 0) is 11.3 Å². The minimum absolute atomic E-state index is 0. The normalized spacial score (nSPS) is 17.8. The Labute approximate surface area is 162 Å². The lowest BCUT2D eigenvalue weighted by atomic mass is 10.0. The molecule has 1 unspecified atom stereocenters. The molecule has 0 spiro atoms. The molecule has 0 saturated carbocycles. The van der Waals surface area contributed by atoms with Crippen LogP contribution in [0.3, 0.4) is 0 Å². The maximum atomic E-state index is 11.9. The average molecular weight is 444 g/mol. The Morgan fingerprint density at radius 2 is 2.04 bits per heavy atom. The SMILES string of the molecule is CN=C(NCCC(=O)NCc1ccccc1)N1CCCC(C)C1.I. The fourth-order valence-corrected chi connectivity index (χ4v) is 2.89. The summed E-state index contributed by atoms with van der Waals surface area (Å²) in [7, 11) is 1.80. The third-order valence-corrected chi connectivity index (χ3v) is 4.14. The Morgan fingerprint density at radius 3 is 2.71 bits per heavy atom. The van der Waals surface area contributed by atoms with Gasteiger partial charge in [-0.15, -0.1) is 24.0 Å². The van der Waals surface area contributed by atoms with Gasteiger partial charge in [-0.1, -0.05) is 37.3 Å². The predicted molar refractivity (Wildman–Crippen MR) is 110 cm³/mol. The number of rotatable bonds is 5. The molecular weight excluding hydrogens is 415 g/mol. The highest BCUT2D eigenvalue weighted by Crippen LogP contribution is 2.15. The number of hydrogen-bond acceptors (Lipinski definition) is 2. The first-order chi connectivity index (χ1) is 11.2. The van der Waals surface area contributed by atoms with Gasteiger partial charge in [-0.2, -0.15) is 0 Å². The molecule has 0 radical (unpaired) electrons. The van der Waals surface area contributed by atoms with Gasteiger partial charge < -0.3 is 15.5 Å². The molecule has 134 valence electrons. The van der Waals surface area contributed by atoms with Crippen molar-refractivity contribution in [3.63, 3.8) is 0 Å². The molecule has 1 atom stereocenters. The summed E-state index contributed by atoms with van der Waals surface area (Å²) in [6.07, 6.45) is 2.95. The molecule has 1 aliphatic rings. The quantitative estimate of drug-likeness (QED) is 0.417. The van der Waals surface area contributed by atoms with Crippen LogP contribution in [0.1, 0.15) is 31.7 Å². The van der Waals surface area contributed by atoms with Gasteiger partial charge in [0.2, 0.25) is 5.91 Å². The van der Waals surface area contributed by atoms with Crippen LogP contribution in [0.4, 0.5) is 0 Å². The average Bonchev–Trinajstić information content (AvgIpc) is 2.58. The van der Waals surface area contributed by atoms with Crippen LogP contribution in [0.5, 0.6) is 0 Å². The van der Waals surface area contributed by atoms with Crippen LogP contribution in [0.25, 0.3) is 0 Å². The van der Waals surface area contributed by atoms with E-state index < -0.39 is 0 Å². The number of benzene rings is 1. The molecule has 1 saturated heterocycles. The summed E-state index contributed by atoms with van der Waals surface area (Å²) < 4.78 is 0. The van der Waals surface area contributed by atoms with Gasteiger partial charge in [-0.05, 0) is 24.3 Å². The molecule has 1 amide bonds. The molecular formula is C18H29IN4O. The third kappa shape index (κ3) is 7.07. The lowest BCUT2D eigenvalue weighted by Crippen LogP contribution is -2.46. The number of nitrogens with zero attached hydrogens (tertiary/aromatic N) is 2. The molecule has 6 heteroatoms. The Kier molecular flexibility index (Phi) is 9.75. The van der Waals surface area contributed by atoms with E-state index in [2.05, 4.69) is 27.4 Å². The standard InChI is InChI=1S/C18H28N4O.HI/c1-15-7-6-12-22(14-15)18(19-2)20-11-10-17(23)21-13-16-8-4-3-5-9-16;/h3-5,8-9,15H,6-7,10-14H2,1-2H3,(H,19,20)(H,21,23);1H. The van der Waals surface area contributed by atoms with Crippen molar-refractivity contribution in [1.82, 2.24) is 15.5 Å². The minimum Gasteiger partial charge on any atom is -0.356 e. The zero-order valence-corrected chi connectivity index (χ0v) is 17.0. The fourth-order valence-electron chi connectivity index (χ4n) is 2.89. The van der Waals surface area contributed by atoms with Gasteiger partial charge in [0.1, 0.15) is 0 Å². The predicted octanol–water partition coefficient (Wildman–Crippen LogP) is 2.62. The lowest BCUT2D eigenvalue weighted by molar-refractivity contribution is -0.121. The molecule has 2 rings (SSSR count). The highest BCUT2D eigenvalue weighted by molar-refractivity contribution is 14.0. The van der Waals surface area contributed by atoms with Crippen LogP contribution >= 0.6 is 24.0 Å². The van der Waals surface area contributed by atoms with Crippen molar-refractivity contribution in [3.8, 4) is 0 Å². The van der Waals surface area contributed by atoms with E-state index in [1.54, 1.807) is 7.05 Å². The first kappa shape index (κ1) is 20.7. The number of nitrogens with one attached hydrogen (secondary N) is 2. The number of halogens is 1. The van der Waals surface area contributed by atoms with Gasteiger partial charge >= 0.3 is 0 Å². The number of amides is 1. The van der Waals surface area contributed by atoms with E-state index in [0.29, 0.717) is 25.4 Å². The van der Waals surface area contributed by atoms with Gasteiger partial charge in [0.05, 0.1) is 0 Å². The Balaban J connectivity index is 0.00000288. The van der Waals surface area contributed by atoms with Crippen LogP contribution in [-0.4, -0.2) is 43.4 Å². The number of aliphatic imine (C=N–C) groups is 1. The summed E-state index contributed by atoms with van der Waals surface area (Å²) >= 11 is 0. The second-order valence-corrected chi connectivity index (χ2v) is 6.18. The van der Waals surface area contributed by atoms with E-state index in [0.717, 1.165) is 24.6 Å². The van der Waals surface area contributed by atoms with Gasteiger partial charge in [-0.3, -0.25) is 9.79 Å². The third-order valence-electron chi connectivity index (χ3n) is 4.14. The number of carbonyl (C=O) groups is 1. The van der Waals surface area contributed by atoms with Gasteiger partial charge in [0, 0.05) is 39.6 Å². The molecule has 0 bridgehead atoms. The van der Waals surface area contributed by atoms with Crippen molar-refractivity contribution < 1.29 is 4.79 Å². The smallest absolute Gasteiger partial charge is 0.222 e. The van der Waals surface area contributed by atoms with Crippen molar-refractivity contribution in [2.45, 2.75) is 32.7 Å². The molecule has 1 heterocycles. The van der Waals surface area contributed by atoms with Crippen LogP contribution in [0, 0.1) is 5.92 Å². The summed E-state index contributed by atoms with van der Waals surface area (Å²) in [4.78, 5) is 18.5. The van der Waals surface area contributed by atoms with E-state index in [4.69, 9.17) is 0 Å². The van der Waals surface area contributed by atoms with E-state index in [-0.39, 0.29) is 29.9 Å². The van der Waals surface area contributed by atoms with E-state index in [1.165, 1.54) is 12.8 Å². The maximum Gasteiger partial charge on any atom is 0.222 e. The van der Waals surface area contributed by atoms with Gasteiger partial charge in [0.25, 0.3) is 0 Å². The Morgan fingerprint density at radius 1 is 1.29 bits per heavy atom. The molecule has 1 fully saturated rings. The lowest BCUT2D eigenvalue weighted by Gasteiger charge is -2.33. The number of piperidine rings is 1.